The van der Waals surface area contributed by atoms with Gasteiger partial charge in [0.1, 0.15) is 0 Å². The van der Waals surface area contributed by atoms with Crippen LogP contribution in [0.3, 0.4) is 0 Å². The fraction of sp³-hybridized carbons (Fsp3) is 0.143. The van der Waals surface area contributed by atoms with Crippen molar-refractivity contribution in [2.75, 3.05) is 0 Å². The number of aryl methyl sites for hydroxylation is 1. The standard InChI is InChI=1S/C14H14N2O.ClH/c1-12-7-9-16(10-8-12)11-14(15-17)13-5-3-2-4-6-13;/h2-10H,11H2,1H3;1H/b15-14-;. The van der Waals surface area contributed by atoms with Crippen LogP contribution in [0.5, 0.6) is 0 Å². The Bertz CT molecular complexity index is 509. The summed E-state index contributed by atoms with van der Waals surface area (Å²) < 4.78 is 1.98. The number of aromatic nitrogens is 1. The largest absolute Gasteiger partial charge is 1.00 e. The van der Waals surface area contributed by atoms with E-state index in [1.54, 1.807) is 0 Å². The van der Waals surface area contributed by atoms with E-state index in [1.807, 2.05) is 66.3 Å². The molecule has 0 unspecified atom stereocenters. The van der Waals surface area contributed by atoms with Gasteiger partial charge >= 0.3 is 0 Å². The number of rotatable bonds is 3. The molecular formula is C14H15ClN2O. The second-order valence-corrected chi connectivity index (χ2v) is 3.96. The predicted octanol–water partition coefficient (Wildman–Crippen LogP) is -0.835. The summed E-state index contributed by atoms with van der Waals surface area (Å²) in [6, 6.07) is 13.7. The molecule has 1 N–H and O–H groups in total. The van der Waals surface area contributed by atoms with Crippen molar-refractivity contribution in [1.29, 1.82) is 0 Å². The lowest BCUT2D eigenvalue weighted by Crippen LogP contribution is -3.00. The minimum Gasteiger partial charge on any atom is -1.00 e. The molecule has 0 saturated heterocycles. The van der Waals surface area contributed by atoms with Gasteiger partial charge in [-0.25, -0.2) is 0 Å². The lowest BCUT2D eigenvalue weighted by atomic mass is 10.1. The average Bonchev–Trinajstić information content (AvgIpc) is 2.39. The summed E-state index contributed by atoms with van der Waals surface area (Å²) in [5, 5.41) is 12.4. The molecular weight excluding hydrogens is 248 g/mol. The highest BCUT2D eigenvalue weighted by atomic mass is 35.5. The van der Waals surface area contributed by atoms with Crippen LogP contribution in [0.4, 0.5) is 0 Å². The van der Waals surface area contributed by atoms with Crippen LogP contribution < -0.4 is 17.0 Å². The first-order chi connectivity index (χ1) is 8.29. The fourth-order valence-electron chi connectivity index (χ4n) is 1.62. The van der Waals surface area contributed by atoms with Crippen LogP contribution in [0.2, 0.25) is 0 Å². The molecule has 0 spiro atoms. The summed E-state index contributed by atoms with van der Waals surface area (Å²) in [4.78, 5) is 0. The quantitative estimate of drug-likeness (QED) is 0.333. The highest BCUT2D eigenvalue weighted by Crippen LogP contribution is 2.01. The summed E-state index contributed by atoms with van der Waals surface area (Å²) in [6.07, 6.45) is 3.95. The van der Waals surface area contributed by atoms with Gasteiger partial charge in [-0.2, -0.15) is 4.57 Å². The average molecular weight is 263 g/mol. The van der Waals surface area contributed by atoms with Gasteiger partial charge < -0.3 is 17.6 Å². The van der Waals surface area contributed by atoms with Crippen LogP contribution in [0.1, 0.15) is 11.1 Å². The predicted molar refractivity (Wildman–Crippen MR) is 66.1 cm³/mol. The maximum absolute atomic E-state index is 9.07. The van der Waals surface area contributed by atoms with E-state index in [-0.39, 0.29) is 12.4 Å². The number of hydrogen-bond donors (Lipinski definition) is 1. The van der Waals surface area contributed by atoms with E-state index >= 15 is 0 Å². The van der Waals surface area contributed by atoms with E-state index in [2.05, 4.69) is 5.16 Å². The summed E-state index contributed by atoms with van der Waals surface area (Å²) >= 11 is 0. The molecule has 2 aromatic rings. The second kappa shape index (κ2) is 6.77. The second-order valence-electron chi connectivity index (χ2n) is 3.96. The SMILES string of the molecule is Cc1cc[n+](C/C(=N/O)c2ccccc2)cc1.[Cl-]. The summed E-state index contributed by atoms with van der Waals surface area (Å²) in [7, 11) is 0. The maximum atomic E-state index is 9.07. The van der Waals surface area contributed by atoms with Gasteiger partial charge in [0, 0.05) is 17.7 Å². The van der Waals surface area contributed by atoms with Gasteiger partial charge in [-0.05, 0) is 12.5 Å². The third-order valence-corrected chi connectivity index (χ3v) is 2.62. The molecule has 0 aliphatic rings. The molecule has 0 fully saturated rings. The Morgan fingerprint density at radius 2 is 1.72 bits per heavy atom. The lowest BCUT2D eigenvalue weighted by molar-refractivity contribution is -0.682. The number of oxime groups is 1. The van der Waals surface area contributed by atoms with Crippen LogP contribution in [0.25, 0.3) is 0 Å². The van der Waals surface area contributed by atoms with Crippen molar-refractivity contribution in [3.63, 3.8) is 0 Å². The lowest BCUT2D eigenvalue weighted by Gasteiger charge is -2.01. The first-order valence-electron chi connectivity index (χ1n) is 5.51. The van der Waals surface area contributed by atoms with Crippen molar-refractivity contribution in [1.82, 2.24) is 0 Å². The van der Waals surface area contributed by atoms with E-state index in [1.165, 1.54) is 5.56 Å². The Morgan fingerprint density at radius 1 is 1.11 bits per heavy atom. The fourth-order valence-corrected chi connectivity index (χ4v) is 1.62. The van der Waals surface area contributed by atoms with Gasteiger partial charge in [0.25, 0.3) is 0 Å². The summed E-state index contributed by atoms with van der Waals surface area (Å²) in [5.74, 6) is 0. The van der Waals surface area contributed by atoms with Crippen molar-refractivity contribution in [2.24, 2.45) is 5.16 Å². The summed E-state index contributed by atoms with van der Waals surface area (Å²) in [5.41, 5.74) is 2.80. The molecule has 0 bridgehead atoms. The molecule has 1 aromatic carbocycles. The molecule has 0 aliphatic heterocycles. The van der Waals surface area contributed by atoms with Crippen LogP contribution in [-0.2, 0) is 6.54 Å². The zero-order valence-corrected chi connectivity index (χ0v) is 10.9. The van der Waals surface area contributed by atoms with E-state index in [9.17, 15) is 0 Å². The maximum Gasteiger partial charge on any atom is 0.194 e. The highest BCUT2D eigenvalue weighted by molar-refractivity contribution is 5.99. The van der Waals surface area contributed by atoms with Gasteiger partial charge in [-0.15, -0.1) is 0 Å². The molecule has 0 aliphatic carbocycles. The highest BCUT2D eigenvalue weighted by Gasteiger charge is 2.09. The smallest absolute Gasteiger partial charge is 0.194 e. The molecule has 0 radical (unpaired) electrons. The van der Waals surface area contributed by atoms with Crippen LogP contribution in [0.15, 0.2) is 60.0 Å². The zero-order chi connectivity index (χ0) is 12.1. The Labute approximate surface area is 113 Å². The molecule has 94 valence electrons. The third kappa shape index (κ3) is 3.57. The minimum absolute atomic E-state index is 0. The molecule has 0 amide bonds. The number of hydrogen-bond acceptors (Lipinski definition) is 2. The molecule has 4 heteroatoms. The van der Waals surface area contributed by atoms with Crippen LogP contribution in [0, 0.1) is 6.92 Å². The van der Waals surface area contributed by atoms with Crippen LogP contribution >= 0.6 is 0 Å². The summed E-state index contributed by atoms with van der Waals surface area (Å²) in [6.45, 7) is 2.60. The minimum atomic E-state index is 0. The van der Waals surface area contributed by atoms with Crippen molar-refractivity contribution < 1.29 is 22.2 Å². The van der Waals surface area contributed by atoms with Gasteiger partial charge in [0.05, 0.1) is 0 Å². The first-order valence-corrected chi connectivity index (χ1v) is 5.51. The Balaban J connectivity index is 0.00000162. The zero-order valence-electron chi connectivity index (χ0n) is 10.1. The monoisotopic (exact) mass is 262 g/mol. The van der Waals surface area contributed by atoms with Gasteiger partial charge in [-0.3, -0.25) is 0 Å². The number of nitrogens with zero attached hydrogens (tertiary/aromatic N) is 2. The molecule has 0 saturated carbocycles. The van der Waals surface area contributed by atoms with Crippen molar-refractivity contribution in [3.8, 4) is 0 Å². The Morgan fingerprint density at radius 3 is 2.28 bits per heavy atom. The van der Waals surface area contributed by atoms with Crippen molar-refractivity contribution >= 4 is 5.71 Å². The Hall–Kier alpha value is -1.87. The Kier molecular flexibility index (Phi) is 5.33. The van der Waals surface area contributed by atoms with Crippen molar-refractivity contribution in [2.45, 2.75) is 13.5 Å². The molecule has 2 rings (SSSR count). The van der Waals surface area contributed by atoms with Crippen molar-refractivity contribution in [3.05, 3.63) is 66.0 Å². The molecule has 1 heterocycles. The number of pyridine rings is 1. The van der Waals surface area contributed by atoms with E-state index in [0.717, 1.165) is 5.56 Å². The number of halogens is 1. The van der Waals surface area contributed by atoms with Gasteiger partial charge in [-0.1, -0.05) is 35.5 Å². The third-order valence-electron chi connectivity index (χ3n) is 2.62. The van der Waals surface area contributed by atoms with E-state index in [0.29, 0.717) is 12.3 Å². The van der Waals surface area contributed by atoms with E-state index in [4.69, 9.17) is 5.21 Å². The molecule has 18 heavy (non-hydrogen) atoms. The van der Waals surface area contributed by atoms with Crippen LogP contribution in [-0.4, -0.2) is 10.9 Å². The van der Waals surface area contributed by atoms with Gasteiger partial charge in [0.15, 0.2) is 24.7 Å². The topological polar surface area (TPSA) is 36.5 Å². The first kappa shape index (κ1) is 14.2. The molecule has 3 nitrogen and oxygen atoms in total. The van der Waals surface area contributed by atoms with E-state index < -0.39 is 0 Å². The molecule has 0 atom stereocenters. The number of benzene rings is 1. The normalized spacial score (nSPS) is 10.8. The molecule has 1 aromatic heterocycles. The van der Waals surface area contributed by atoms with Gasteiger partial charge in [0.2, 0.25) is 0 Å².